The fourth-order valence-corrected chi connectivity index (χ4v) is 4.68. The molecule has 1 N–H and O–H groups in total. The molecule has 2 aliphatic heterocycles. The molecule has 2 aliphatic rings. The summed E-state index contributed by atoms with van der Waals surface area (Å²) in [6.07, 6.45) is 0.961. The Morgan fingerprint density at radius 1 is 1.00 bits per heavy atom. The van der Waals surface area contributed by atoms with Crippen LogP contribution in [0.25, 0.3) is 10.9 Å². The van der Waals surface area contributed by atoms with Crippen LogP contribution in [0.5, 0.6) is 0 Å². The third-order valence-electron chi connectivity index (χ3n) is 6.53. The molecule has 0 unspecified atom stereocenters. The average Bonchev–Trinajstić information content (AvgIpc) is 3.33. The van der Waals surface area contributed by atoms with Crippen molar-refractivity contribution in [3.05, 3.63) is 65.5 Å². The molecule has 2 fully saturated rings. The van der Waals surface area contributed by atoms with Crippen LogP contribution in [0.3, 0.4) is 0 Å². The van der Waals surface area contributed by atoms with Crippen LogP contribution in [-0.4, -0.2) is 82.1 Å². The van der Waals surface area contributed by atoms with E-state index < -0.39 is 5.97 Å². The van der Waals surface area contributed by atoms with Gasteiger partial charge < -0.3 is 14.9 Å². The minimum absolute atomic E-state index is 0.0874. The molecular formula is C25H25N5O3. The zero-order valence-electron chi connectivity index (χ0n) is 18.5. The minimum atomic E-state index is -1.14. The molecule has 0 aliphatic carbocycles. The Hall–Kier alpha value is -3.70. The fourth-order valence-electron chi connectivity index (χ4n) is 4.68. The van der Waals surface area contributed by atoms with Crippen LogP contribution in [0, 0.1) is 19.1 Å². The number of carbonyl (C=O) groups excluding carboxylic acids is 1. The summed E-state index contributed by atoms with van der Waals surface area (Å²) in [6.45, 7) is 6.61. The number of hydrogen-bond donors (Lipinski definition) is 1. The second kappa shape index (κ2) is 8.68. The van der Waals surface area contributed by atoms with Gasteiger partial charge in [-0.05, 0) is 25.5 Å². The second-order valence-corrected chi connectivity index (χ2v) is 8.63. The summed E-state index contributed by atoms with van der Waals surface area (Å²) in [5, 5.41) is 10.2. The first-order valence-corrected chi connectivity index (χ1v) is 11.2. The van der Waals surface area contributed by atoms with Gasteiger partial charge in [-0.25, -0.2) is 14.8 Å². The Kier molecular flexibility index (Phi) is 5.56. The Morgan fingerprint density at radius 3 is 2.45 bits per heavy atom. The van der Waals surface area contributed by atoms with Gasteiger partial charge in [-0.3, -0.25) is 9.69 Å². The highest BCUT2D eigenvalue weighted by molar-refractivity contribution is 5.94. The Morgan fingerprint density at radius 2 is 1.73 bits per heavy atom. The monoisotopic (exact) mass is 443 g/mol. The highest BCUT2D eigenvalue weighted by Crippen LogP contribution is 2.28. The van der Waals surface area contributed by atoms with Crippen LogP contribution in [0.15, 0.2) is 36.4 Å². The van der Waals surface area contributed by atoms with E-state index in [-0.39, 0.29) is 11.7 Å². The summed E-state index contributed by atoms with van der Waals surface area (Å²) < 4.78 is 0. The van der Waals surface area contributed by atoms with E-state index in [0.717, 1.165) is 49.1 Å². The quantitative estimate of drug-likeness (QED) is 0.662. The van der Waals surface area contributed by atoms with Crippen LogP contribution in [0.2, 0.25) is 0 Å². The fraction of sp³-hybridized carbons (Fsp3) is 0.360. The van der Waals surface area contributed by atoms with E-state index in [1.807, 2.05) is 36.1 Å². The van der Waals surface area contributed by atoms with E-state index >= 15 is 0 Å². The van der Waals surface area contributed by atoms with Crippen molar-refractivity contribution in [2.24, 2.45) is 0 Å². The van der Waals surface area contributed by atoms with E-state index in [0.29, 0.717) is 30.5 Å². The largest absolute Gasteiger partial charge is 0.475 e. The molecule has 5 rings (SSSR count). The highest BCUT2D eigenvalue weighted by Gasteiger charge is 2.32. The summed E-state index contributed by atoms with van der Waals surface area (Å²) in [4.78, 5) is 39.3. The number of aryl methyl sites for hydroxylation is 1. The minimum Gasteiger partial charge on any atom is -0.475 e. The summed E-state index contributed by atoms with van der Waals surface area (Å²) in [5.41, 5.74) is 2.44. The SMILES string of the molecule is Cc1ccc(C(=O)N2CCN([C@H]3CCN(c4nc(C(=O)O)nc5cc#ccc45)C3)CC2)cc1. The molecule has 0 bridgehead atoms. The zero-order chi connectivity index (χ0) is 22.9. The number of anilines is 1. The third-order valence-corrected chi connectivity index (χ3v) is 6.53. The maximum absolute atomic E-state index is 12.8. The first-order valence-electron chi connectivity index (χ1n) is 11.2. The molecule has 1 atom stereocenters. The van der Waals surface area contributed by atoms with Crippen molar-refractivity contribution in [3.8, 4) is 0 Å². The van der Waals surface area contributed by atoms with Crippen molar-refractivity contribution in [3.63, 3.8) is 0 Å². The number of fused-ring (bicyclic) bond motifs is 1. The van der Waals surface area contributed by atoms with Gasteiger partial charge in [0.2, 0.25) is 5.82 Å². The van der Waals surface area contributed by atoms with Gasteiger partial charge in [0.05, 0.1) is 10.9 Å². The number of benzene rings is 1. The van der Waals surface area contributed by atoms with Gasteiger partial charge >= 0.3 is 5.97 Å². The lowest BCUT2D eigenvalue weighted by atomic mass is 10.1. The molecule has 2 saturated heterocycles. The van der Waals surface area contributed by atoms with Crippen LogP contribution >= 0.6 is 0 Å². The molecule has 33 heavy (non-hydrogen) atoms. The number of nitrogens with zero attached hydrogens (tertiary/aromatic N) is 5. The van der Waals surface area contributed by atoms with E-state index in [4.69, 9.17) is 0 Å². The van der Waals surface area contributed by atoms with Gasteiger partial charge in [-0.1, -0.05) is 29.8 Å². The number of hydrogen-bond acceptors (Lipinski definition) is 6. The number of aromatic carboxylic acids is 1. The van der Waals surface area contributed by atoms with E-state index in [1.165, 1.54) is 0 Å². The van der Waals surface area contributed by atoms with Gasteiger partial charge in [0.15, 0.2) is 0 Å². The second-order valence-electron chi connectivity index (χ2n) is 8.63. The zero-order valence-corrected chi connectivity index (χ0v) is 18.5. The van der Waals surface area contributed by atoms with Crippen LogP contribution in [-0.2, 0) is 0 Å². The average molecular weight is 444 g/mol. The van der Waals surface area contributed by atoms with Crippen LogP contribution in [0.1, 0.15) is 33.0 Å². The molecule has 3 heterocycles. The highest BCUT2D eigenvalue weighted by atomic mass is 16.4. The number of carboxylic acid groups (broad SMARTS) is 1. The molecule has 3 aromatic rings. The van der Waals surface area contributed by atoms with Gasteiger partial charge in [-0.2, -0.15) is 0 Å². The Balaban J connectivity index is 1.26. The number of rotatable bonds is 4. The number of amides is 1. The van der Waals surface area contributed by atoms with Crippen LogP contribution in [0.4, 0.5) is 5.82 Å². The molecule has 0 spiro atoms. The number of aromatic nitrogens is 2. The maximum atomic E-state index is 12.8. The molecule has 0 radical (unpaired) electrons. The van der Waals surface area contributed by atoms with Crippen molar-refractivity contribution >= 4 is 28.6 Å². The molecule has 168 valence electrons. The Labute approximate surface area is 192 Å². The predicted octanol–water partition coefficient (Wildman–Crippen LogP) is 2.27. The lowest BCUT2D eigenvalue weighted by Crippen LogP contribution is -2.52. The Bertz CT molecular complexity index is 1190. The number of carbonyl (C=O) groups is 2. The summed E-state index contributed by atoms with van der Waals surface area (Å²) in [5.74, 6) is -0.623. The first-order chi connectivity index (χ1) is 16.0. The van der Waals surface area contributed by atoms with E-state index in [1.54, 1.807) is 12.1 Å². The lowest BCUT2D eigenvalue weighted by Gasteiger charge is -2.38. The van der Waals surface area contributed by atoms with Crippen molar-refractivity contribution in [2.75, 3.05) is 44.2 Å². The first kappa shape index (κ1) is 21.2. The molecule has 1 aromatic heterocycles. The number of piperazine rings is 1. The number of carboxylic acids is 1. The van der Waals surface area contributed by atoms with Gasteiger partial charge in [0.1, 0.15) is 5.82 Å². The van der Waals surface area contributed by atoms with Gasteiger partial charge in [0.25, 0.3) is 5.91 Å². The molecule has 8 nitrogen and oxygen atoms in total. The van der Waals surface area contributed by atoms with Gasteiger partial charge in [0, 0.05) is 63.0 Å². The van der Waals surface area contributed by atoms with Crippen molar-refractivity contribution < 1.29 is 14.7 Å². The lowest BCUT2D eigenvalue weighted by molar-refractivity contribution is 0.0584. The van der Waals surface area contributed by atoms with Gasteiger partial charge in [-0.15, -0.1) is 0 Å². The van der Waals surface area contributed by atoms with E-state index in [9.17, 15) is 14.7 Å². The molecular weight excluding hydrogens is 418 g/mol. The van der Waals surface area contributed by atoms with Crippen molar-refractivity contribution in [1.82, 2.24) is 19.8 Å². The standard InChI is InChI=1S/C25H25N5O3/c1-17-6-8-18(9-7-17)24(31)29-14-12-28(13-15-29)19-10-11-30(16-19)23-20-4-2-3-5-21(20)26-22(27-23)25(32)33/h4-9,19H,10-16H2,1H3,(H,32,33)/t19-/m0/s1. The maximum Gasteiger partial charge on any atom is 0.374 e. The topological polar surface area (TPSA) is 89.9 Å². The van der Waals surface area contributed by atoms with Crippen molar-refractivity contribution in [2.45, 2.75) is 19.4 Å². The summed E-state index contributed by atoms with van der Waals surface area (Å²) in [6, 6.07) is 17.2. The smallest absolute Gasteiger partial charge is 0.374 e. The summed E-state index contributed by atoms with van der Waals surface area (Å²) >= 11 is 0. The van der Waals surface area contributed by atoms with E-state index in [2.05, 4.69) is 31.9 Å². The normalized spacial score (nSPS) is 19.0. The molecule has 1 amide bonds. The van der Waals surface area contributed by atoms with Crippen LogP contribution < -0.4 is 4.90 Å². The van der Waals surface area contributed by atoms with Crippen molar-refractivity contribution in [1.29, 1.82) is 0 Å². The summed E-state index contributed by atoms with van der Waals surface area (Å²) in [7, 11) is 0. The molecule has 0 saturated carbocycles. The molecule has 2 aromatic carbocycles. The third kappa shape index (κ3) is 4.20. The molecule has 8 heteroatoms. The predicted molar refractivity (Wildman–Crippen MR) is 123 cm³/mol.